The summed E-state index contributed by atoms with van der Waals surface area (Å²) in [7, 11) is 2.08. The first-order valence-corrected chi connectivity index (χ1v) is 12.0. The fraction of sp³-hybridized carbons (Fsp3) is 0.286. The number of piperazine rings is 1. The highest BCUT2D eigenvalue weighted by atomic mass is 32.2. The van der Waals surface area contributed by atoms with Gasteiger partial charge in [-0.25, -0.2) is 9.98 Å². The van der Waals surface area contributed by atoms with Gasteiger partial charge in [-0.05, 0) is 43.1 Å². The van der Waals surface area contributed by atoms with Crippen molar-refractivity contribution in [3.63, 3.8) is 0 Å². The summed E-state index contributed by atoms with van der Waals surface area (Å²) in [5.41, 5.74) is 1.60. The molecule has 1 aromatic carbocycles. The lowest BCUT2D eigenvalue weighted by Crippen LogP contribution is -2.47. The summed E-state index contributed by atoms with van der Waals surface area (Å²) in [6.45, 7) is 4.04. The van der Waals surface area contributed by atoms with Crippen LogP contribution >= 0.6 is 23.1 Å². The number of nitrogens with one attached hydrogen (secondary N) is 3. The number of anilines is 1. The third kappa shape index (κ3) is 5.30. The molecule has 4 heterocycles. The molecule has 3 N–H and O–H groups in total. The number of nitrogens with zero attached hydrogens (tertiary/aromatic N) is 5. The van der Waals surface area contributed by atoms with Gasteiger partial charge < -0.3 is 15.5 Å². The molecule has 3 aromatic rings. The van der Waals surface area contributed by atoms with Crippen molar-refractivity contribution in [3.05, 3.63) is 40.4 Å². The van der Waals surface area contributed by atoms with Crippen LogP contribution < -0.4 is 10.6 Å². The Labute approximate surface area is 198 Å². The number of aromatic amines is 1. The van der Waals surface area contributed by atoms with Crippen LogP contribution in [0.25, 0.3) is 17.0 Å². The second-order valence-corrected chi connectivity index (χ2v) is 9.91. The van der Waals surface area contributed by atoms with Crippen molar-refractivity contribution in [1.29, 1.82) is 0 Å². The quantitative estimate of drug-likeness (QED) is 0.477. The zero-order valence-corrected chi connectivity index (χ0v) is 19.5. The average molecular weight is 483 g/mol. The van der Waals surface area contributed by atoms with Crippen molar-refractivity contribution in [3.8, 4) is 0 Å². The summed E-state index contributed by atoms with van der Waals surface area (Å²) in [5, 5.41) is 14.6. The fourth-order valence-electron chi connectivity index (χ4n) is 3.50. The smallest absolute Gasteiger partial charge is 0.264 e. The van der Waals surface area contributed by atoms with Gasteiger partial charge in [-0.2, -0.15) is 5.10 Å². The molecule has 33 heavy (non-hydrogen) atoms. The molecule has 2 aromatic heterocycles. The van der Waals surface area contributed by atoms with Gasteiger partial charge in [-0.3, -0.25) is 19.6 Å². The van der Waals surface area contributed by atoms with Crippen molar-refractivity contribution < 1.29 is 9.59 Å². The Morgan fingerprint density at radius 3 is 2.97 bits per heavy atom. The van der Waals surface area contributed by atoms with Crippen LogP contribution in [0, 0.1) is 0 Å². The minimum atomic E-state index is -0.213. The summed E-state index contributed by atoms with van der Waals surface area (Å²) in [5.74, 6) is -0.292. The van der Waals surface area contributed by atoms with Crippen LogP contribution in [0.5, 0.6) is 0 Å². The summed E-state index contributed by atoms with van der Waals surface area (Å²) in [6.07, 6.45) is 5.16. The molecule has 10 nitrogen and oxygen atoms in total. The molecule has 0 radical (unpaired) electrons. The number of amidine groups is 1. The highest BCUT2D eigenvalue weighted by Crippen LogP contribution is 2.30. The van der Waals surface area contributed by atoms with Gasteiger partial charge in [-0.15, -0.1) is 0 Å². The number of hydrogen-bond acceptors (Lipinski definition) is 9. The summed E-state index contributed by atoms with van der Waals surface area (Å²) in [4.78, 5) is 39.2. The van der Waals surface area contributed by atoms with Crippen LogP contribution in [0.15, 0.2) is 40.5 Å². The van der Waals surface area contributed by atoms with Gasteiger partial charge in [0.15, 0.2) is 10.3 Å². The molecule has 12 heteroatoms. The molecule has 0 aliphatic carbocycles. The number of aliphatic imine (C=N–C) groups is 1. The van der Waals surface area contributed by atoms with E-state index in [2.05, 4.69) is 47.7 Å². The molecule has 0 atom stereocenters. The van der Waals surface area contributed by atoms with Crippen molar-refractivity contribution in [2.24, 2.45) is 4.99 Å². The molecular weight excluding hydrogens is 460 g/mol. The first kappa shape index (κ1) is 21.8. The molecule has 2 saturated heterocycles. The van der Waals surface area contributed by atoms with E-state index in [0.29, 0.717) is 21.7 Å². The number of carbonyl (C=O) groups is 2. The SMILES string of the molecule is CN1CCN(CC(=O)Nc2ncc(/C=C3\SC(=Nc4ccc5cn[nH]c5c4)NC3=O)s2)CC1. The minimum Gasteiger partial charge on any atom is -0.304 e. The van der Waals surface area contributed by atoms with E-state index in [1.165, 1.54) is 23.1 Å². The number of rotatable bonds is 5. The molecule has 0 saturated carbocycles. The Hall–Kier alpha value is -3.06. The molecule has 2 aliphatic rings. The maximum absolute atomic E-state index is 12.4. The predicted molar refractivity (Wildman–Crippen MR) is 132 cm³/mol. The number of hydrogen-bond donors (Lipinski definition) is 3. The number of H-pyrrole nitrogens is 1. The van der Waals surface area contributed by atoms with E-state index >= 15 is 0 Å². The lowest BCUT2D eigenvalue weighted by atomic mass is 10.2. The Morgan fingerprint density at radius 1 is 1.27 bits per heavy atom. The van der Waals surface area contributed by atoms with Crippen LogP contribution in [-0.2, 0) is 9.59 Å². The molecule has 0 bridgehead atoms. The number of carbonyl (C=O) groups excluding carboxylic acids is 2. The molecule has 0 spiro atoms. The van der Waals surface area contributed by atoms with Crippen LogP contribution in [0.1, 0.15) is 4.88 Å². The summed E-state index contributed by atoms with van der Waals surface area (Å²) < 4.78 is 0. The Morgan fingerprint density at radius 2 is 2.12 bits per heavy atom. The normalized spacial score (nSPS) is 20.1. The Kier molecular flexibility index (Phi) is 6.22. The first-order valence-electron chi connectivity index (χ1n) is 10.4. The number of benzene rings is 1. The van der Waals surface area contributed by atoms with E-state index in [9.17, 15) is 9.59 Å². The van der Waals surface area contributed by atoms with Crippen molar-refractivity contribution in [2.45, 2.75) is 0 Å². The Balaban J connectivity index is 1.20. The molecule has 170 valence electrons. The lowest BCUT2D eigenvalue weighted by Gasteiger charge is -2.31. The number of fused-ring (bicyclic) bond motifs is 1. The number of likely N-dealkylation sites (N-methyl/N-ethyl adjacent to an activating group) is 1. The van der Waals surface area contributed by atoms with Crippen molar-refractivity contribution >= 4 is 67.9 Å². The first-order chi connectivity index (χ1) is 16.0. The van der Waals surface area contributed by atoms with E-state index in [4.69, 9.17) is 0 Å². The maximum Gasteiger partial charge on any atom is 0.264 e. The van der Waals surface area contributed by atoms with Gasteiger partial charge in [0, 0.05) is 37.8 Å². The highest BCUT2D eigenvalue weighted by molar-refractivity contribution is 8.18. The lowest BCUT2D eigenvalue weighted by molar-refractivity contribution is -0.117. The monoisotopic (exact) mass is 482 g/mol. The predicted octanol–water partition coefficient (Wildman–Crippen LogP) is 2.10. The average Bonchev–Trinajstić information content (AvgIpc) is 3.51. The number of aromatic nitrogens is 3. The minimum absolute atomic E-state index is 0.0789. The van der Waals surface area contributed by atoms with Gasteiger partial charge in [0.25, 0.3) is 5.91 Å². The molecule has 5 rings (SSSR count). The van der Waals surface area contributed by atoms with Gasteiger partial charge in [0.05, 0.1) is 33.7 Å². The fourth-order valence-corrected chi connectivity index (χ4v) is 5.18. The number of thioether (sulfide) groups is 1. The molecule has 2 fully saturated rings. The molecule has 0 unspecified atom stereocenters. The largest absolute Gasteiger partial charge is 0.304 e. The zero-order valence-electron chi connectivity index (χ0n) is 17.9. The Bertz CT molecular complexity index is 1260. The van der Waals surface area contributed by atoms with Gasteiger partial charge in [0.1, 0.15) is 0 Å². The van der Waals surface area contributed by atoms with E-state index in [1.54, 1.807) is 18.5 Å². The standard InChI is InChI=1S/C21H22N8O2S2/c1-28-4-6-29(7-5-28)12-18(30)25-20-22-11-15(32-20)9-17-19(31)26-21(33-17)24-14-3-2-13-10-23-27-16(13)8-14/h2-3,8-11H,4-7,12H2,1H3,(H,23,27)(H,22,25,30)(H,24,26,31)/b17-9-. The van der Waals surface area contributed by atoms with E-state index in [-0.39, 0.29) is 11.8 Å². The third-order valence-electron chi connectivity index (χ3n) is 5.31. The zero-order chi connectivity index (χ0) is 22.8. The second kappa shape index (κ2) is 9.43. The van der Waals surface area contributed by atoms with Crippen LogP contribution in [-0.4, -0.2) is 81.7 Å². The van der Waals surface area contributed by atoms with E-state index < -0.39 is 0 Å². The molecular formula is C21H22N8O2S2. The topological polar surface area (TPSA) is 119 Å². The second-order valence-electron chi connectivity index (χ2n) is 7.82. The van der Waals surface area contributed by atoms with Crippen LogP contribution in [0.2, 0.25) is 0 Å². The van der Waals surface area contributed by atoms with Crippen LogP contribution in [0.3, 0.4) is 0 Å². The van der Waals surface area contributed by atoms with Crippen molar-refractivity contribution in [1.82, 2.24) is 30.3 Å². The van der Waals surface area contributed by atoms with E-state index in [1.807, 2.05) is 18.2 Å². The van der Waals surface area contributed by atoms with Gasteiger partial charge in [-0.1, -0.05) is 11.3 Å². The third-order valence-corrected chi connectivity index (χ3v) is 7.08. The molecule has 2 aliphatic heterocycles. The van der Waals surface area contributed by atoms with Gasteiger partial charge >= 0.3 is 0 Å². The highest BCUT2D eigenvalue weighted by Gasteiger charge is 2.24. The number of thiazole rings is 1. The number of amides is 2. The maximum atomic E-state index is 12.4. The summed E-state index contributed by atoms with van der Waals surface area (Å²) in [6, 6.07) is 5.68. The molecule has 2 amide bonds. The van der Waals surface area contributed by atoms with Gasteiger partial charge in [0.2, 0.25) is 5.91 Å². The summed E-state index contributed by atoms with van der Waals surface area (Å²) >= 11 is 2.60. The van der Waals surface area contributed by atoms with Crippen LogP contribution in [0.4, 0.5) is 10.8 Å². The van der Waals surface area contributed by atoms with Crippen molar-refractivity contribution in [2.75, 3.05) is 45.1 Å². The van der Waals surface area contributed by atoms with E-state index in [0.717, 1.165) is 47.6 Å².